The first-order valence-electron chi connectivity index (χ1n) is 8.29. The van der Waals surface area contributed by atoms with Crippen LogP contribution in [0.4, 0.5) is 0 Å². The van der Waals surface area contributed by atoms with E-state index in [4.69, 9.17) is 9.47 Å². The fourth-order valence-electron chi connectivity index (χ4n) is 1.75. The summed E-state index contributed by atoms with van der Waals surface area (Å²) in [6.07, 6.45) is 1.25. The number of aryl methyl sites for hydroxylation is 1. The molecule has 0 saturated carbocycles. The summed E-state index contributed by atoms with van der Waals surface area (Å²) >= 11 is 1.58. The molecule has 1 aromatic carbocycles. The van der Waals surface area contributed by atoms with E-state index in [-0.39, 0.29) is 12.0 Å². The molecule has 23 heavy (non-hydrogen) atoms. The molecule has 1 fully saturated rings. The van der Waals surface area contributed by atoms with Gasteiger partial charge in [0, 0.05) is 11.4 Å². The van der Waals surface area contributed by atoms with Crippen molar-refractivity contribution in [2.45, 2.75) is 52.0 Å². The second kappa shape index (κ2) is 13.4. The van der Waals surface area contributed by atoms with Crippen molar-refractivity contribution in [1.82, 2.24) is 4.31 Å². The number of carbonyl (C=O) groups excluding carboxylic acids is 1. The van der Waals surface area contributed by atoms with E-state index < -0.39 is 0 Å². The standard InChI is InChI=1S/C13H17NO3S.C3H8.C2H6/c1-10-3-5-11(6-4-10)18-14-7-8-17-9-12(14)13(15)16-2;1-3-2;1-2/h3-6,12H,7-9H2,1-2H3;3H2,1-2H3;1-2H3. The first-order valence-corrected chi connectivity index (χ1v) is 9.06. The van der Waals surface area contributed by atoms with Crippen LogP contribution in [0.5, 0.6) is 0 Å². The van der Waals surface area contributed by atoms with Gasteiger partial charge in [0.25, 0.3) is 0 Å². The fourth-order valence-corrected chi connectivity index (χ4v) is 2.72. The topological polar surface area (TPSA) is 38.8 Å². The van der Waals surface area contributed by atoms with Gasteiger partial charge >= 0.3 is 5.97 Å². The molecule has 0 radical (unpaired) electrons. The Hall–Kier alpha value is -1.04. The van der Waals surface area contributed by atoms with Crippen LogP contribution in [0.25, 0.3) is 0 Å². The molecular weight excluding hydrogens is 310 g/mol. The predicted molar refractivity (Wildman–Crippen MR) is 97.7 cm³/mol. The van der Waals surface area contributed by atoms with Crippen molar-refractivity contribution in [3.8, 4) is 0 Å². The number of nitrogens with zero attached hydrogens (tertiary/aromatic N) is 1. The maximum atomic E-state index is 11.7. The van der Waals surface area contributed by atoms with Gasteiger partial charge < -0.3 is 9.47 Å². The first kappa shape index (κ1) is 22.0. The highest BCUT2D eigenvalue weighted by molar-refractivity contribution is 7.97. The minimum atomic E-state index is -0.324. The van der Waals surface area contributed by atoms with Gasteiger partial charge in [-0.3, -0.25) is 4.79 Å². The average Bonchev–Trinajstić information content (AvgIpc) is 2.59. The summed E-state index contributed by atoms with van der Waals surface area (Å²) in [5.41, 5.74) is 1.23. The highest BCUT2D eigenvalue weighted by Gasteiger charge is 2.31. The van der Waals surface area contributed by atoms with Gasteiger partial charge in [-0.2, -0.15) is 0 Å². The second-order valence-electron chi connectivity index (χ2n) is 4.87. The third-order valence-corrected chi connectivity index (χ3v) is 3.95. The summed E-state index contributed by atoms with van der Waals surface area (Å²) in [6.45, 7) is 12.1. The fraction of sp³-hybridized carbons (Fsp3) is 0.611. The lowest BCUT2D eigenvalue weighted by atomic mass is 10.2. The SMILES string of the molecule is CC.CCC.COC(=O)C1COCCN1Sc1ccc(C)cc1. The van der Waals surface area contributed by atoms with E-state index in [2.05, 4.69) is 45.0 Å². The number of ether oxygens (including phenoxy) is 2. The van der Waals surface area contributed by atoms with Crippen molar-refractivity contribution in [3.05, 3.63) is 29.8 Å². The van der Waals surface area contributed by atoms with Crippen molar-refractivity contribution in [1.29, 1.82) is 0 Å². The Bertz CT molecular complexity index is 423. The van der Waals surface area contributed by atoms with Crippen molar-refractivity contribution in [2.24, 2.45) is 0 Å². The molecule has 4 nitrogen and oxygen atoms in total. The number of hydrogen-bond acceptors (Lipinski definition) is 5. The average molecular weight is 342 g/mol. The first-order chi connectivity index (χ1) is 11.1. The van der Waals surface area contributed by atoms with E-state index in [1.165, 1.54) is 19.1 Å². The zero-order valence-corrected chi connectivity index (χ0v) is 16.1. The molecule has 1 atom stereocenters. The molecule has 0 aromatic heterocycles. The Morgan fingerprint density at radius 2 is 1.87 bits per heavy atom. The molecule has 0 amide bonds. The Morgan fingerprint density at radius 3 is 2.39 bits per heavy atom. The Morgan fingerprint density at radius 1 is 1.30 bits per heavy atom. The van der Waals surface area contributed by atoms with Crippen LogP contribution < -0.4 is 0 Å². The summed E-state index contributed by atoms with van der Waals surface area (Å²) in [4.78, 5) is 12.8. The molecule has 132 valence electrons. The Labute approximate surface area is 145 Å². The molecule has 0 spiro atoms. The number of carbonyl (C=O) groups is 1. The summed E-state index contributed by atoms with van der Waals surface area (Å²) in [7, 11) is 1.41. The number of benzene rings is 1. The Balaban J connectivity index is 0.000000868. The third-order valence-electron chi connectivity index (χ3n) is 2.80. The minimum absolute atomic E-state index is 0.241. The van der Waals surface area contributed by atoms with Crippen molar-refractivity contribution in [2.75, 3.05) is 26.9 Å². The summed E-state index contributed by atoms with van der Waals surface area (Å²) in [5, 5.41) is 0. The van der Waals surface area contributed by atoms with E-state index in [1.54, 1.807) is 11.9 Å². The minimum Gasteiger partial charge on any atom is -0.468 e. The molecule has 5 heteroatoms. The van der Waals surface area contributed by atoms with Crippen LogP contribution >= 0.6 is 11.9 Å². The maximum Gasteiger partial charge on any atom is 0.326 e. The van der Waals surface area contributed by atoms with Crippen molar-refractivity contribution < 1.29 is 14.3 Å². The van der Waals surface area contributed by atoms with Crippen molar-refractivity contribution in [3.63, 3.8) is 0 Å². The molecule has 0 bridgehead atoms. The summed E-state index contributed by atoms with van der Waals surface area (Å²) in [6, 6.07) is 7.93. The lowest BCUT2D eigenvalue weighted by Crippen LogP contribution is -2.46. The third kappa shape index (κ3) is 8.39. The summed E-state index contributed by atoms with van der Waals surface area (Å²) in [5.74, 6) is -0.241. The molecular formula is C18H31NO3S. The van der Waals surface area contributed by atoms with Gasteiger partial charge in [-0.15, -0.1) is 0 Å². The molecule has 1 saturated heterocycles. The maximum absolute atomic E-state index is 11.7. The van der Waals surface area contributed by atoms with Crippen LogP contribution in [0.1, 0.15) is 39.7 Å². The molecule has 1 aromatic rings. The molecule has 1 aliphatic rings. The zero-order valence-electron chi connectivity index (χ0n) is 15.3. The van der Waals surface area contributed by atoms with E-state index in [1.807, 2.05) is 18.2 Å². The Kier molecular flexibility index (Phi) is 12.8. The number of morpholine rings is 1. The van der Waals surface area contributed by atoms with Crippen LogP contribution in [0.2, 0.25) is 0 Å². The van der Waals surface area contributed by atoms with E-state index in [9.17, 15) is 4.79 Å². The van der Waals surface area contributed by atoms with E-state index in [0.29, 0.717) is 13.2 Å². The summed E-state index contributed by atoms with van der Waals surface area (Å²) < 4.78 is 12.2. The normalized spacial score (nSPS) is 17.2. The van der Waals surface area contributed by atoms with Crippen LogP contribution in [-0.2, 0) is 14.3 Å². The van der Waals surface area contributed by atoms with Gasteiger partial charge in [0.15, 0.2) is 0 Å². The molecule has 0 aliphatic carbocycles. The number of esters is 1. The molecule has 1 heterocycles. The van der Waals surface area contributed by atoms with Gasteiger partial charge in [-0.1, -0.05) is 51.8 Å². The van der Waals surface area contributed by atoms with Gasteiger partial charge in [0.05, 0.1) is 20.3 Å². The highest BCUT2D eigenvalue weighted by Crippen LogP contribution is 2.27. The van der Waals surface area contributed by atoms with Crippen molar-refractivity contribution >= 4 is 17.9 Å². The highest BCUT2D eigenvalue weighted by atomic mass is 32.2. The molecule has 1 unspecified atom stereocenters. The lowest BCUT2D eigenvalue weighted by molar-refractivity contribution is -0.149. The monoisotopic (exact) mass is 341 g/mol. The number of hydrogen-bond donors (Lipinski definition) is 0. The van der Waals surface area contributed by atoms with E-state index in [0.717, 1.165) is 11.4 Å². The van der Waals surface area contributed by atoms with Crippen LogP contribution in [0, 0.1) is 6.92 Å². The lowest BCUT2D eigenvalue weighted by Gasteiger charge is -2.32. The van der Waals surface area contributed by atoms with Crippen LogP contribution in [0.3, 0.4) is 0 Å². The van der Waals surface area contributed by atoms with Gasteiger partial charge in [0.1, 0.15) is 6.04 Å². The predicted octanol–water partition coefficient (Wildman–Crippen LogP) is 4.32. The van der Waals surface area contributed by atoms with Crippen LogP contribution in [-0.4, -0.2) is 43.2 Å². The quantitative estimate of drug-likeness (QED) is 0.605. The van der Waals surface area contributed by atoms with Gasteiger partial charge in [-0.25, -0.2) is 4.31 Å². The molecule has 1 aliphatic heterocycles. The number of rotatable bonds is 3. The van der Waals surface area contributed by atoms with Crippen LogP contribution in [0.15, 0.2) is 29.2 Å². The smallest absolute Gasteiger partial charge is 0.326 e. The van der Waals surface area contributed by atoms with E-state index >= 15 is 0 Å². The molecule has 2 rings (SSSR count). The largest absolute Gasteiger partial charge is 0.468 e. The van der Waals surface area contributed by atoms with Gasteiger partial charge in [-0.05, 0) is 31.0 Å². The zero-order chi connectivity index (χ0) is 17.7. The number of methoxy groups -OCH3 is 1. The second-order valence-corrected chi connectivity index (χ2v) is 5.99. The molecule has 0 N–H and O–H groups in total. The van der Waals surface area contributed by atoms with Gasteiger partial charge in [0.2, 0.25) is 0 Å².